The second-order valence-corrected chi connectivity index (χ2v) is 15.8. The third kappa shape index (κ3) is 5.56. The van der Waals surface area contributed by atoms with Gasteiger partial charge in [0.25, 0.3) is 0 Å². The predicted molar refractivity (Wildman–Crippen MR) is 213 cm³/mol. The fraction of sp³-hybridized carbons (Fsp3) is 0.306. The molecule has 0 aromatic heterocycles. The molecule has 0 heterocycles. The summed E-state index contributed by atoms with van der Waals surface area (Å²) in [5, 5.41) is 2.54. The van der Waals surface area contributed by atoms with Crippen LogP contribution in [0.15, 0.2) is 127 Å². The van der Waals surface area contributed by atoms with E-state index in [0.717, 1.165) is 0 Å². The average molecular weight is 652 g/mol. The molecule has 3 aliphatic carbocycles. The largest absolute Gasteiger partial charge is 0.310 e. The minimum absolute atomic E-state index is 0.0530. The molecule has 0 unspecified atom stereocenters. The average Bonchev–Trinajstić information content (AvgIpc) is 3.41. The van der Waals surface area contributed by atoms with Crippen molar-refractivity contribution in [2.45, 2.75) is 95.3 Å². The van der Waals surface area contributed by atoms with Gasteiger partial charge < -0.3 is 4.90 Å². The van der Waals surface area contributed by atoms with Gasteiger partial charge in [-0.15, -0.1) is 0 Å². The van der Waals surface area contributed by atoms with Crippen LogP contribution in [-0.4, -0.2) is 0 Å². The lowest BCUT2D eigenvalue weighted by Crippen LogP contribution is -2.15. The lowest BCUT2D eigenvalue weighted by atomic mass is 9.81. The van der Waals surface area contributed by atoms with Crippen molar-refractivity contribution in [2.75, 3.05) is 4.90 Å². The maximum absolute atomic E-state index is 2.53. The quantitative estimate of drug-likeness (QED) is 0.173. The molecule has 6 aromatic carbocycles. The molecule has 0 radical (unpaired) electrons. The molecule has 250 valence electrons. The summed E-state index contributed by atoms with van der Waals surface area (Å²) >= 11 is 0. The zero-order valence-corrected chi connectivity index (χ0v) is 29.8. The van der Waals surface area contributed by atoms with Crippen molar-refractivity contribution < 1.29 is 0 Å². The maximum Gasteiger partial charge on any atom is 0.0546 e. The van der Waals surface area contributed by atoms with Gasteiger partial charge in [0.15, 0.2) is 0 Å². The van der Waals surface area contributed by atoms with Crippen LogP contribution in [-0.2, 0) is 5.41 Å². The van der Waals surface area contributed by atoms with Crippen LogP contribution in [0.1, 0.15) is 112 Å². The van der Waals surface area contributed by atoms with Crippen LogP contribution in [0.2, 0.25) is 0 Å². The van der Waals surface area contributed by atoms with Crippen LogP contribution in [0.4, 0.5) is 17.1 Å². The lowest BCUT2D eigenvalue weighted by molar-refractivity contribution is 0.443. The van der Waals surface area contributed by atoms with E-state index in [4.69, 9.17) is 0 Å². The highest BCUT2D eigenvalue weighted by Gasteiger charge is 2.35. The van der Waals surface area contributed by atoms with E-state index in [1.165, 1.54) is 137 Å². The van der Waals surface area contributed by atoms with Crippen molar-refractivity contribution in [3.8, 4) is 22.3 Å². The van der Waals surface area contributed by atoms with Crippen molar-refractivity contribution in [2.24, 2.45) is 0 Å². The molecule has 2 saturated carbocycles. The summed E-state index contributed by atoms with van der Waals surface area (Å²) in [4.78, 5) is 2.53. The summed E-state index contributed by atoms with van der Waals surface area (Å²) in [5.74, 6) is 1.38. The SMILES string of the molecule is CC1(C)c2ccccc2-c2ccc(-c3cc4ccccc4cc3N(c3ccc(C4CCCCC4)cc3)c3ccc(C4CCCCC4)cc3)cc21. The molecule has 0 saturated heterocycles. The maximum atomic E-state index is 2.53. The monoisotopic (exact) mass is 651 g/mol. The first-order valence-corrected chi connectivity index (χ1v) is 19.3. The summed E-state index contributed by atoms with van der Waals surface area (Å²) < 4.78 is 0. The first-order chi connectivity index (χ1) is 24.5. The van der Waals surface area contributed by atoms with Gasteiger partial charge in [-0.3, -0.25) is 0 Å². The molecule has 0 spiro atoms. The highest BCUT2D eigenvalue weighted by molar-refractivity contribution is 5.99. The molecule has 0 atom stereocenters. The zero-order valence-electron chi connectivity index (χ0n) is 29.8. The van der Waals surface area contributed by atoms with Crippen molar-refractivity contribution in [1.29, 1.82) is 0 Å². The van der Waals surface area contributed by atoms with Crippen LogP contribution < -0.4 is 4.90 Å². The zero-order chi connectivity index (χ0) is 33.7. The van der Waals surface area contributed by atoms with Gasteiger partial charge in [-0.1, -0.05) is 137 Å². The Morgan fingerprint density at radius 2 is 0.980 bits per heavy atom. The van der Waals surface area contributed by atoms with Gasteiger partial charge in [0.2, 0.25) is 0 Å². The number of rotatable bonds is 6. The predicted octanol–water partition coefficient (Wildman–Crippen LogP) is 14.4. The van der Waals surface area contributed by atoms with Crippen molar-refractivity contribution in [1.82, 2.24) is 0 Å². The van der Waals surface area contributed by atoms with Crippen LogP contribution >= 0.6 is 0 Å². The van der Waals surface area contributed by atoms with E-state index in [1.54, 1.807) is 0 Å². The standard InChI is InChI=1S/C49H49N/c1-49(2)46-20-12-11-19-43(46)44-30-25-40(32-47(44)49)45-31-38-17-9-10-18-39(38)33-48(45)50(41-26-21-36(22-27-41)34-13-5-3-6-14-34)42-28-23-37(24-29-42)35-15-7-4-8-16-35/h9-12,17-35H,3-8,13-16H2,1-2H3. The molecule has 2 fully saturated rings. The number of anilines is 3. The van der Waals surface area contributed by atoms with E-state index in [9.17, 15) is 0 Å². The first kappa shape index (κ1) is 31.4. The molecule has 1 heteroatoms. The van der Waals surface area contributed by atoms with E-state index < -0.39 is 0 Å². The molecule has 6 aromatic rings. The minimum atomic E-state index is -0.0530. The Morgan fingerprint density at radius 1 is 0.460 bits per heavy atom. The number of hydrogen-bond acceptors (Lipinski definition) is 1. The Kier molecular flexibility index (Phi) is 8.11. The topological polar surface area (TPSA) is 3.24 Å². The number of nitrogens with zero attached hydrogens (tertiary/aromatic N) is 1. The van der Waals surface area contributed by atoms with Gasteiger partial charge in [0.05, 0.1) is 5.69 Å². The van der Waals surface area contributed by atoms with Gasteiger partial charge >= 0.3 is 0 Å². The fourth-order valence-electron chi connectivity index (χ4n) is 9.61. The summed E-state index contributed by atoms with van der Waals surface area (Å²) in [7, 11) is 0. The Labute approximate surface area is 299 Å². The molecule has 9 rings (SSSR count). The molecule has 50 heavy (non-hydrogen) atoms. The molecule has 3 aliphatic rings. The number of hydrogen-bond donors (Lipinski definition) is 0. The third-order valence-corrected chi connectivity index (χ3v) is 12.5. The smallest absolute Gasteiger partial charge is 0.0546 e. The van der Waals surface area contributed by atoms with Gasteiger partial charge in [-0.05, 0) is 130 Å². The Hall–Kier alpha value is -4.62. The van der Waals surface area contributed by atoms with Crippen LogP contribution in [0, 0.1) is 0 Å². The summed E-state index contributed by atoms with van der Waals surface area (Å²) in [5.41, 5.74) is 14.7. The molecular weight excluding hydrogens is 603 g/mol. The summed E-state index contributed by atoms with van der Waals surface area (Å²) in [6.07, 6.45) is 13.5. The molecule has 1 nitrogen and oxygen atoms in total. The van der Waals surface area contributed by atoms with E-state index >= 15 is 0 Å². The van der Waals surface area contributed by atoms with E-state index in [-0.39, 0.29) is 5.41 Å². The Morgan fingerprint density at radius 3 is 1.58 bits per heavy atom. The number of benzene rings is 6. The number of fused-ring (bicyclic) bond motifs is 4. The summed E-state index contributed by atoms with van der Waals surface area (Å²) in [6, 6.07) is 49.2. The highest BCUT2D eigenvalue weighted by atomic mass is 15.1. The van der Waals surface area contributed by atoms with Crippen LogP contribution in [0.25, 0.3) is 33.0 Å². The van der Waals surface area contributed by atoms with Gasteiger partial charge in [0, 0.05) is 22.4 Å². The Bertz CT molecular complexity index is 2080. The van der Waals surface area contributed by atoms with E-state index in [1.807, 2.05) is 0 Å². The fourth-order valence-corrected chi connectivity index (χ4v) is 9.61. The molecular formula is C49H49N. The van der Waals surface area contributed by atoms with E-state index in [2.05, 4.69) is 146 Å². The Balaban J connectivity index is 1.21. The second-order valence-electron chi connectivity index (χ2n) is 15.8. The normalized spacial score (nSPS) is 17.4. The molecule has 0 aliphatic heterocycles. The second kappa shape index (κ2) is 12.9. The van der Waals surface area contributed by atoms with Crippen molar-refractivity contribution in [3.05, 3.63) is 150 Å². The molecule has 0 bridgehead atoms. The van der Waals surface area contributed by atoms with Crippen molar-refractivity contribution in [3.63, 3.8) is 0 Å². The van der Waals surface area contributed by atoms with E-state index in [0.29, 0.717) is 11.8 Å². The minimum Gasteiger partial charge on any atom is -0.310 e. The van der Waals surface area contributed by atoms with Crippen LogP contribution in [0.5, 0.6) is 0 Å². The summed E-state index contributed by atoms with van der Waals surface area (Å²) in [6.45, 7) is 4.77. The molecule has 0 N–H and O–H groups in total. The van der Waals surface area contributed by atoms with Crippen molar-refractivity contribution >= 4 is 27.8 Å². The first-order valence-electron chi connectivity index (χ1n) is 19.3. The van der Waals surface area contributed by atoms with Gasteiger partial charge in [-0.25, -0.2) is 0 Å². The van der Waals surface area contributed by atoms with Gasteiger partial charge in [0.1, 0.15) is 0 Å². The molecule has 0 amide bonds. The highest BCUT2D eigenvalue weighted by Crippen LogP contribution is 2.51. The van der Waals surface area contributed by atoms with Gasteiger partial charge in [-0.2, -0.15) is 0 Å². The lowest BCUT2D eigenvalue weighted by Gasteiger charge is -2.30. The third-order valence-electron chi connectivity index (χ3n) is 12.5. The van der Waals surface area contributed by atoms with Crippen LogP contribution in [0.3, 0.4) is 0 Å².